The average molecular weight is 466 g/mol. The van der Waals surface area contributed by atoms with E-state index in [1.54, 1.807) is 0 Å². The Hall–Kier alpha value is -3.21. The van der Waals surface area contributed by atoms with Gasteiger partial charge in [0.1, 0.15) is 0 Å². The first-order valence-electron chi connectivity index (χ1n) is 11.8. The van der Waals surface area contributed by atoms with Crippen LogP contribution >= 0.6 is 12.6 Å². The van der Waals surface area contributed by atoms with Crippen molar-refractivity contribution in [1.29, 1.82) is 0 Å². The monoisotopic (exact) mass is 465 g/mol. The minimum atomic E-state index is 0.867. The van der Waals surface area contributed by atoms with E-state index in [1.165, 1.54) is 34.4 Å². The Kier molecular flexibility index (Phi) is 7.94. The Labute approximate surface area is 207 Å². The number of aromatic nitrogens is 1. The second kappa shape index (κ2) is 11.3. The molecule has 0 amide bonds. The third-order valence-electron chi connectivity index (χ3n) is 6.03. The van der Waals surface area contributed by atoms with Crippen LogP contribution in [0.4, 0.5) is 0 Å². The number of benzene rings is 2. The number of nitrogens with two attached hydrogens (primary N) is 1. The van der Waals surface area contributed by atoms with E-state index in [9.17, 15) is 0 Å². The number of thiol groups is 1. The molecule has 0 saturated carbocycles. The van der Waals surface area contributed by atoms with Crippen molar-refractivity contribution in [1.82, 2.24) is 4.98 Å². The number of para-hydroxylation sites is 1. The first-order valence-corrected chi connectivity index (χ1v) is 12.2. The Bertz CT molecular complexity index is 1440. The zero-order valence-electron chi connectivity index (χ0n) is 19.8. The summed E-state index contributed by atoms with van der Waals surface area (Å²) in [6, 6.07) is 18.9. The molecule has 172 valence electrons. The lowest BCUT2D eigenvalue weighted by molar-refractivity contribution is 0.794. The molecule has 2 N–H and O–H groups in total. The van der Waals surface area contributed by atoms with Gasteiger partial charge in [-0.3, -0.25) is 4.99 Å². The average Bonchev–Trinajstić information content (AvgIpc) is 2.88. The molecule has 3 aromatic rings. The molecule has 2 aromatic carbocycles. The lowest BCUT2D eigenvalue weighted by atomic mass is 9.93. The van der Waals surface area contributed by atoms with Crippen LogP contribution < -0.4 is 16.3 Å². The summed E-state index contributed by atoms with van der Waals surface area (Å²) in [6.45, 7) is 2.11. The summed E-state index contributed by atoms with van der Waals surface area (Å²) in [7, 11) is 1.50. The van der Waals surface area contributed by atoms with Gasteiger partial charge in [0.05, 0.1) is 16.6 Å². The number of aryl methyl sites for hydroxylation is 1. The van der Waals surface area contributed by atoms with E-state index in [2.05, 4.69) is 91.6 Å². The van der Waals surface area contributed by atoms with Gasteiger partial charge >= 0.3 is 0 Å². The van der Waals surface area contributed by atoms with Crippen LogP contribution in [0.5, 0.6) is 0 Å². The van der Waals surface area contributed by atoms with Gasteiger partial charge in [0, 0.05) is 22.4 Å². The van der Waals surface area contributed by atoms with Gasteiger partial charge in [-0.1, -0.05) is 54.1 Å². The number of fused-ring (bicyclic) bond motifs is 2. The molecule has 0 bridgehead atoms. The molecule has 1 aliphatic heterocycles. The third kappa shape index (κ3) is 5.64. The first kappa shape index (κ1) is 23.9. The maximum atomic E-state index is 4.88. The molecule has 34 heavy (non-hydrogen) atoms. The highest BCUT2D eigenvalue weighted by molar-refractivity contribution is 7.84. The quantitative estimate of drug-likeness (QED) is 0.479. The fourth-order valence-corrected chi connectivity index (χ4v) is 4.63. The lowest BCUT2D eigenvalue weighted by Gasteiger charge is -2.17. The highest BCUT2D eigenvalue weighted by atomic mass is 32.1. The highest BCUT2D eigenvalue weighted by Crippen LogP contribution is 2.33. The zero-order valence-corrected chi connectivity index (χ0v) is 20.7. The molecule has 5 rings (SSSR count). The second-order valence-corrected chi connectivity index (χ2v) is 8.87. The van der Waals surface area contributed by atoms with Crippen LogP contribution in [-0.2, 0) is 0 Å². The fourth-order valence-electron chi connectivity index (χ4n) is 4.26. The molecule has 1 aliphatic carbocycles. The van der Waals surface area contributed by atoms with E-state index in [0.29, 0.717) is 0 Å². The van der Waals surface area contributed by atoms with Crippen molar-refractivity contribution in [2.24, 2.45) is 10.7 Å². The zero-order chi connectivity index (χ0) is 23.9. The van der Waals surface area contributed by atoms with Gasteiger partial charge in [-0.05, 0) is 86.0 Å². The molecule has 0 saturated heterocycles. The third-order valence-corrected chi connectivity index (χ3v) is 6.61. The molecule has 0 spiro atoms. The Balaban J connectivity index is 0.00000133. The summed E-state index contributed by atoms with van der Waals surface area (Å²) in [5, 5.41) is 3.45. The van der Waals surface area contributed by atoms with Crippen LogP contribution in [0.15, 0.2) is 99.6 Å². The van der Waals surface area contributed by atoms with E-state index in [-0.39, 0.29) is 0 Å². The number of nitrogens with zero attached hydrogens (tertiary/aromatic N) is 2. The second-order valence-electron chi connectivity index (χ2n) is 8.42. The SMILES string of the molecule is CN.Cc1ccc2nc(/C=C/C3=C(S)C(=C/C=C4\CC=c5ccccc5=N4)/CCC3)ccc2c1. The van der Waals surface area contributed by atoms with Crippen LogP contribution in [0.25, 0.3) is 23.1 Å². The van der Waals surface area contributed by atoms with E-state index in [4.69, 9.17) is 22.6 Å². The molecule has 2 heterocycles. The van der Waals surface area contributed by atoms with Crippen LogP contribution in [0.1, 0.15) is 36.9 Å². The van der Waals surface area contributed by atoms with Gasteiger partial charge in [-0.25, -0.2) is 4.98 Å². The largest absolute Gasteiger partial charge is 0.333 e. The number of rotatable bonds is 3. The maximum Gasteiger partial charge on any atom is 0.0709 e. The highest BCUT2D eigenvalue weighted by Gasteiger charge is 2.13. The summed E-state index contributed by atoms with van der Waals surface area (Å²) in [5.41, 5.74) is 11.4. The molecular formula is C30H31N3S. The predicted octanol–water partition coefficient (Wildman–Crippen LogP) is 5.81. The van der Waals surface area contributed by atoms with Gasteiger partial charge in [0.2, 0.25) is 0 Å². The molecular weight excluding hydrogens is 434 g/mol. The van der Waals surface area contributed by atoms with Gasteiger partial charge in [0.15, 0.2) is 0 Å². The fraction of sp³-hybridized carbons (Fsp3) is 0.200. The molecule has 1 aromatic heterocycles. The van der Waals surface area contributed by atoms with Crippen LogP contribution in [0.3, 0.4) is 0 Å². The van der Waals surface area contributed by atoms with Gasteiger partial charge in [-0.15, -0.1) is 12.6 Å². The normalized spacial score (nSPS) is 17.9. The number of hydrogen-bond acceptors (Lipinski definition) is 4. The summed E-state index contributed by atoms with van der Waals surface area (Å²) < 4.78 is 0. The Morgan fingerprint density at radius 3 is 2.68 bits per heavy atom. The molecule has 0 atom stereocenters. The molecule has 0 fully saturated rings. The number of allylic oxidation sites excluding steroid dienone is 6. The van der Waals surface area contributed by atoms with Crippen LogP contribution in [0, 0.1) is 6.92 Å². The van der Waals surface area contributed by atoms with Crippen molar-refractivity contribution in [3.05, 3.63) is 116 Å². The molecule has 0 unspecified atom stereocenters. The van der Waals surface area contributed by atoms with E-state index >= 15 is 0 Å². The number of pyridine rings is 1. The molecule has 0 radical (unpaired) electrons. The van der Waals surface area contributed by atoms with Gasteiger partial charge in [-0.2, -0.15) is 0 Å². The summed E-state index contributed by atoms with van der Waals surface area (Å²) in [5.74, 6) is 0. The molecule has 4 heteroatoms. The lowest BCUT2D eigenvalue weighted by Crippen LogP contribution is -2.26. The van der Waals surface area contributed by atoms with E-state index in [0.717, 1.165) is 52.9 Å². The molecule has 3 nitrogen and oxygen atoms in total. The van der Waals surface area contributed by atoms with Gasteiger partial charge in [0.25, 0.3) is 0 Å². The standard InChI is InChI=1S/C29H26N2S.CH5N/c1-20-9-18-28-24(19-20)13-17-26(31-28)16-12-23-7-4-6-22(29(23)32)11-15-25-14-10-21-5-2-3-8-27(21)30-25;1-2/h2-3,5,8-13,15-19,32H,4,6-7,14H2,1H3;2H2,1H3/b16-12+,22-11+,25-15+;. The van der Waals surface area contributed by atoms with Crippen molar-refractivity contribution in [3.63, 3.8) is 0 Å². The van der Waals surface area contributed by atoms with Crippen molar-refractivity contribution in [2.45, 2.75) is 32.6 Å². The maximum absolute atomic E-state index is 4.88. The number of hydrogen-bond donors (Lipinski definition) is 2. The molecule has 2 aliphatic rings. The van der Waals surface area contributed by atoms with Crippen LogP contribution in [0.2, 0.25) is 0 Å². The van der Waals surface area contributed by atoms with Crippen molar-refractivity contribution in [3.8, 4) is 0 Å². The minimum Gasteiger partial charge on any atom is -0.333 e. The van der Waals surface area contributed by atoms with Crippen molar-refractivity contribution < 1.29 is 0 Å². The van der Waals surface area contributed by atoms with Crippen molar-refractivity contribution >= 4 is 35.7 Å². The van der Waals surface area contributed by atoms with E-state index in [1.807, 2.05) is 6.07 Å². The Morgan fingerprint density at radius 1 is 0.941 bits per heavy atom. The Morgan fingerprint density at radius 2 is 1.79 bits per heavy atom. The van der Waals surface area contributed by atoms with Gasteiger partial charge < -0.3 is 5.73 Å². The van der Waals surface area contributed by atoms with Crippen LogP contribution in [-0.4, -0.2) is 12.0 Å². The minimum absolute atomic E-state index is 0.867. The topological polar surface area (TPSA) is 51.3 Å². The summed E-state index contributed by atoms with van der Waals surface area (Å²) >= 11 is 4.88. The van der Waals surface area contributed by atoms with E-state index < -0.39 is 0 Å². The summed E-state index contributed by atoms with van der Waals surface area (Å²) in [6.07, 6.45) is 15.0. The van der Waals surface area contributed by atoms with Crippen molar-refractivity contribution in [2.75, 3.05) is 7.05 Å². The predicted molar refractivity (Wildman–Crippen MR) is 148 cm³/mol. The smallest absolute Gasteiger partial charge is 0.0709 e. The summed E-state index contributed by atoms with van der Waals surface area (Å²) in [4.78, 5) is 10.7. The first-order chi connectivity index (χ1) is 16.7.